The Hall–Kier alpha value is -2.55. The summed E-state index contributed by atoms with van der Waals surface area (Å²) in [6, 6.07) is 0. The molecule has 0 heterocycles. The van der Waals surface area contributed by atoms with E-state index in [9.17, 15) is 19.0 Å². The van der Waals surface area contributed by atoms with E-state index in [1.165, 1.54) is 270 Å². The van der Waals surface area contributed by atoms with E-state index in [0.717, 1.165) is 70.6 Å². The first-order chi connectivity index (χ1) is 44.0. The molecule has 2 unspecified atom stereocenters. The van der Waals surface area contributed by atoms with Crippen molar-refractivity contribution < 1.29 is 42.1 Å². The van der Waals surface area contributed by atoms with Crippen molar-refractivity contribution in [1.29, 1.82) is 0 Å². The number of esters is 2. The molecule has 0 aromatic carbocycles. The van der Waals surface area contributed by atoms with E-state index < -0.39 is 26.5 Å². The van der Waals surface area contributed by atoms with Gasteiger partial charge in [0.2, 0.25) is 0 Å². The molecule has 0 amide bonds. The molecular weight excluding hydrogens is 1130 g/mol. The fourth-order valence-corrected chi connectivity index (χ4v) is 12.1. The average molecular weight is 1280 g/mol. The maximum absolute atomic E-state index is 12.9. The van der Waals surface area contributed by atoms with Crippen LogP contribution in [0.25, 0.3) is 0 Å². The highest BCUT2D eigenvalue weighted by Gasteiger charge is 2.22. The van der Waals surface area contributed by atoms with Crippen molar-refractivity contribution >= 4 is 19.8 Å². The van der Waals surface area contributed by atoms with E-state index in [2.05, 4.69) is 86.8 Å². The van der Waals surface area contributed by atoms with Gasteiger partial charge in [0.15, 0.2) is 6.10 Å². The summed E-state index contributed by atoms with van der Waals surface area (Å²) in [7, 11) is 1.18. The number of rotatable bonds is 72. The van der Waals surface area contributed by atoms with Crippen molar-refractivity contribution in [1.82, 2.24) is 0 Å². The van der Waals surface area contributed by atoms with Gasteiger partial charge in [-0.1, -0.05) is 350 Å². The van der Waals surface area contributed by atoms with Crippen molar-refractivity contribution in [2.45, 2.75) is 380 Å². The minimum atomic E-state index is -4.64. The fourth-order valence-electron chi connectivity index (χ4n) is 11.3. The molecule has 0 aliphatic heterocycles. The van der Waals surface area contributed by atoms with Crippen LogP contribution >= 0.6 is 7.82 Å². The summed E-state index contributed by atoms with van der Waals surface area (Å²) in [4.78, 5) is 38.2. The van der Waals surface area contributed by atoms with Crippen LogP contribution in [0.15, 0.2) is 72.9 Å². The average Bonchev–Trinajstić information content (AvgIpc) is 3.58. The zero-order chi connectivity index (χ0) is 65.5. The van der Waals surface area contributed by atoms with Crippen molar-refractivity contribution in [3.63, 3.8) is 0 Å². The van der Waals surface area contributed by atoms with Crippen LogP contribution in [-0.4, -0.2) is 70.0 Å². The normalized spacial score (nSPS) is 13.4. The van der Waals surface area contributed by atoms with Crippen molar-refractivity contribution in [3.05, 3.63) is 72.9 Å². The highest BCUT2D eigenvalue weighted by atomic mass is 31.2. The summed E-state index contributed by atoms with van der Waals surface area (Å²) in [5.41, 5.74) is 0. The van der Waals surface area contributed by atoms with E-state index >= 15 is 0 Å². The molecule has 0 rings (SSSR count). The molecule has 0 radical (unpaired) electrons. The summed E-state index contributed by atoms with van der Waals surface area (Å²) < 4.78 is 34.4. The molecule has 2 atom stereocenters. The van der Waals surface area contributed by atoms with Crippen molar-refractivity contribution in [3.8, 4) is 0 Å². The van der Waals surface area contributed by atoms with Crippen LogP contribution in [0.4, 0.5) is 0 Å². The maximum Gasteiger partial charge on any atom is 0.306 e. The zero-order valence-corrected chi connectivity index (χ0v) is 61.0. The molecule has 0 aliphatic carbocycles. The first-order valence-electron chi connectivity index (χ1n) is 38.6. The van der Waals surface area contributed by atoms with Gasteiger partial charge in [-0.3, -0.25) is 14.2 Å². The first-order valence-corrected chi connectivity index (χ1v) is 40.1. The largest absolute Gasteiger partial charge is 0.756 e. The Morgan fingerprint density at radius 3 is 0.944 bits per heavy atom. The summed E-state index contributed by atoms with van der Waals surface area (Å²) in [6.07, 6.45) is 95.9. The summed E-state index contributed by atoms with van der Waals surface area (Å²) in [6.45, 7) is 4.18. The molecule has 0 aromatic heterocycles. The molecule has 90 heavy (non-hydrogen) atoms. The van der Waals surface area contributed by atoms with E-state index in [-0.39, 0.29) is 32.0 Å². The van der Waals surface area contributed by atoms with Crippen LogP contribution in [0.3, 0.4) is 0 Å². The number of hydrogen-bond acceptors (Lipinski definition) is 8. The van der Waals surface area contributed by atoms with Crippen LogP contribution in [0.5, 0.6) is 0 Å². The third-order valence-electron chi connectivity index (χ3n) is 17.2. The molecular formula is C80H148NO8P. The van der Waals surface area contributed by atoms with E-state index in [0.29, 0.717) is 17.4 Å². The Bertz CT molecular complexity index is 1750. The molecule has 0 saturated carbocycles. The van der Waals surface area contributed by atoms with E-state index in [1.807, 2.05) is 21.1 Å². The second kappa shape index (κ2) is 70.8. The number of hydrogen-bond donors (Lipinski definition) is 0. The third kappa shape index (κ3) is 74.5. The van der Waals surface area contributed by atoms with Crippen molar-refractivity contribution in [2.24, 2.45) is 0 Å². The SMILES string of the molecule is CC/C=C\C/C=C\C/C=C\C/C=C\CCCCCCCCCCCCCCCCCCCCC(=O)OC(COC(=O)CCCCCCCCCCCCCCCCCCCCCCCCC/C=C\C/C=C\CCCCCCC)COP(=O)([O-])OCC[N+](C)(C)C. The number of phosphoric acid groups is 1. The number of nitrogens with zero attached hydrogens (tertiary/aromatic N) is 1. The molecule has 0 aromatic rings. The van der Waals surface area contributed by atoms with Gasteiger partial charge in [0.25, 0.3) is 7.82 Å². The number of quaternary nitrogens is 1. The summed E-state index contributed by atoms with van der Waals surface area (Å²) in [5.74, 6) is -0.814. The molecule has 9 nitrogen and oxygen atoms in total. The lowest BCUT2D eigenvalue weighted by Crippen LogP contribution is -2.37. The Kier molecular flexibility index (Phi) is 68.8. The van der Waals surface area contributed by atoms with Gasteiger partial charge in [-0.25, -0.2) is 0 Å². The van der Waals surface area contributed by atoms with Gasteiger partial charge in [-0.2, -0.15) is 0 Å². The van der Waals surface area contributed by atoms with Crippen molar-refractivity contribution in [2.75, 3.05) is 47.5 Å². The topological polar surface area (TPSA) is 111 Å². The highest BCUT2D eigenvalue weighted by Crippen LogP contribution is 2.38. The van der Waals surface area contributed by atoms with Gasteiger partial charge >= 0.3 is 11.9 Å². The quantitative estimate of drug-likeness (QED) is 0.0195. The van der Waals surface area contributed by atoms with Crippen LogP contribution < -0.4 is 4.89 Å². The minimum Gasteiger partial charge on any atom is -0.756 e. The van der Waals surface area contributed by atoms with Gasteiger partial charge in [0.1, 0.15) is 19.8 Å². The maximum atomic E-state index is 12.9. The molecule has 0 saturated heterocycles. The Morgan fingerprint density at radius 2 is 0.633 bits per heavy atom. The number of allylic oxidation sites excluding steroid dienone is 12. The Labute approximate surface area is 559 Å². The standard InChI is InChI=1S/C80H148NO8P/c1-6-8-10-12-14-16-18-20-22-24-26-28-30-32-34-36-38-39-40-41-43-44-46-48-50-52-54-56-58-60-62-64-66-68-70-72-79(82)86-76-78(77-88-90(84,85)87-75-74-81(3,4)5)89-80(83)73-71-69-67-65-63-61-59-57-55-53-51-49-47-45-42-37-35-33-31-29-27-25-23-21-19-17-15-13-11-9-7-2/h9,11,15,17-18,20-21,23-24,26-27,29,78H,6-8,10,12-14,16,19,22,25,28,30-77H2,1-5H3/b11-9-,17-15-,20-18-,23-21-,26-24-,29-27-. The lowest BCUT2D eigenvalue weighted by Gasteiger charge is -2.28. The zero-order valence-electron chi connectivity index (χ0n) is 60.1. The minimum absolute atomic E-state index is 0.0297. The smallest absolute Gasteiger partial charge is 0.306 e. The van der Waals surface area contributed by atoms with Crippen LogP contribution in [0, 0.1) is 0 Å². The Morgan fingerprint density at radius 1 is 0.356 bits per heavy atom. The highest BCUT2D eigenvalue weighted by molar-refractivity contribution is 7.45. The number of carbonyl (C=O) groups is 2. The van der Waals surface area contributed by atoms with Gasteiger partial charge in [0.05, 0.1) is 27.7 Å². The number of phosphoric ester groups is 1. The molecule has 0 spiro atoms. The van der Waals surface area contributed by atoms with Gasteiger partial charge in [0, 0.05) is 12.8 Å². The molecule has 0 aliphatic rings. The molecule has 0 N–H and O–H groups in total. The number of ether oxygens (including phenoxy) is 2. The lowest BCUT2D eigenvalue weighted by molar-refractivity contribution is -0.870. The van der Waals surface area contributed by atoms with Gasteiger partial charge in [-0.15, -0.1) is 0 Å². The van der Waals surface area contributed by atoms with Gasteiger partial charge < -0.3 is 27.9 Å². The molecule has 526 valence electrons. The fraction of sp³-hybridized carbons (Fsp3) is 0.825. The summed E-state index contributed by atoms with van der Waals surface area (Å²) in [5, 5.41) is 0. The van der Waals surface area contributed by atoms with Crippen LogP contribution in [0.1, 0.15) is 373 Å². The number of likely N-dealkylation sites (N-methyl/N-ethyl adjacent to an activating group) is 1. The van der Waals surface area contributed by atoms with E-state index in [4.69, 9.17) is 18.5 Å². The number of unbranched alkanes of at least 4 members (excludes halogenated alkanes) is 46. The number of carbonyl (C=O) groups excluding carboxylic acids is 2. The summed E-state index contributed by atoms with van der Waals surface area (Å²) >= 11 is 0. The predicted octanol–water partition coefficient (Wildman–Crippen LogP) is 24.9. The van der Waals surface area contributed by atoms with E-state index in [1.54, 1.807) is 0 Å². The monoisotopic (exact) mass is 1280 g/mol. The third-order valence-corrected chi connectivity index (χ3v) is 18.2. The lowest BCUT2D eigenvalue weighted by atomic mass is 10.0. The predicted molar refractivity (Wildman–Crippen MR) is 388 cm³/mol. The molecule has 0 fully saturated rings. The second-order valence-corrected chi connectivity index (χ2v) is 28.8. The Balaban J connectivity index is 3.94. The molecule has 10 heteroatoms. The first kappa shape index (κ1) is 87.5. The van der Waals surface area contributed by atoms with Gasteiger partial charge in [-0.05, 0) is 83.5 Å². The van der Waals surface area contributed by atoms with Crippen LogP contribution in [-0.2, 0) is 32.7 Å². The van der Waals surface area contributed by atoms with Crippen LogP contribution in [0.2, 0.25) is 0 Å². The second-order valence-electron chi connectivity index (χ2n) is 27.3. The molecule has 0 bridgehead atoms.